The summed E-state index contributed by atoms with van der Waals surface area (Å²) >= 11 is 0. The fraction of sp³-hybridized carbons (Fsp3) is 0.533. The van der Waals surface area contributed by atoms with Crippen LogP contribution in [0.1, 0.15) is 26.3 Å². The van der Waals surface area contributed by atoms with Crippen LogP contribution in [-0.2, 0) is 17.3 Å². The Morgan fingerprint density at radius 3 is 2.29 bits per heavy atom. The van der Waals surface area contributed by atoms with Gasteiger partial charge in [0, 0.05) is 35.0 Å². The third-order valence-electron chi connectivity index (χ3n) is 3.16. The van der Waals surface area contributed by atoms with E-state index in [0.29, 0.717) is 6.54 Å². The summed E-state index contributed by atoms with van der Waals surface area (Å²) in [7, 11) is -0.994. The van der Waals surface area contributed by atoms with Crippen LogP contribution in [0.2, 0.25) is 0 Å². The summed E-state index contributed by atoms with van der Waals surface area (Å²) in [5, 5.41) is 15.2. The van der Waals surface area contributed by atoms with Gasteiger partial charge in [-0.05, 0) is 23.1 Å². The zero-order valence-electron chi connectivity index (χ0n) is 13.0. The lowest BCUT2D eigenvalue weighted by molar-refractivity contribution is 0.0650. The van der Waals surface area contributed by atoms with Crippen molar-refractivity contribution in [1.82, 2.24) is 10.6 Å². The highest BCUT2D eigenvalue weighted by Crippen LogP contribution is 2.17. The molecule has 0 heterocycles. The number of carbonyl (C=O) groups is 1. The Labute approximate surface area is 128 Å². The molecule has 1 aromatic carbocycles. The van der Waals surface area contributed by atoms with Crippen LogP contribution < -0.4 is 10.6 Å². The van der Waals surface area contributed by atoms with Gasteiger partial charge in [-0.1, -0.05) is 32.9 Å². The van der Waals surface area contributed by atoms with Crippen molar-refractivity contribution in [1.29, 1.82) is 0 Å². The van der Waals surface area contributed by atoms with Crippen LogP contribution in [0.4, 0.5) is 4.79 Å². The summed E-state index contributed by atoms with van der Waals surface area (Å²) in [5.41, 5.74) is 0.662. The average molecular weight is 312 g/mol. The van der Waals surface area contributed by atoms with Gasteiger partial charge in [-0.3, -0.25) is 4.21 Å². The first-order valence-electron chi connectivity index (χ1n) is 6.82. The molecule has 0 aromatic heterocycles. The van der Waals surface area contributed by atoms with Crippen LogP contribution in [0, 0.1) is 5.41 Å². The molecule has 0 spiro atoms. The van der Waals surface area contributed by atoms with E-state index < -0.39 is 16.9 Å². The maximum atomic E-state index is 11.6. The first kappa shape index (κ1) is 17.7. The van der Waals surface area contributed by atoms with E-state index in [1.165, 1.54) is 0 Å². The number of hydrogen-bond donors (Lipinski definition) is 3. The Hall–Kier alpha value is -1.40. The lowest BCUT2D eigenvalue weighted by atomic mass is 9.89. The smallest absolute Gasteiger partial charge is 0.315 e. The lowest BCUT2D eigenvalue weighted by Gasteiger charge is -2.25. The summed E-state index contributed by atoms with van der Waals surface area (Å²) in [4.78, 5) is 12.4. The van der Waals surface area contributed by atoms with E-state index in [9.17, 15) is 14.1 Å². The quantitative estimate of drug-likeness (QED) is 0.773. The second-order valence-electron chi connectivity index (χ2n) is 6.04. The maximum Gasteiger partial charge on any atom is 0.315 e. The normalized spacial score (nSPS) is 14.3. The van der Waals surface area contributed by atoms with Crippen LogP contribution in [0.5, 0.6) is 0 Å². The molecule has 3 N–H and O–H groups in total. The number of nitrogens with one attached hydrogen (secondary N) is 2. The first-order chi connectivity index (χ1) is 9.70. The van der Waals surface area contributed by atoms with Crippen LogP contribution in [0.15, 0.2) is 29.2 Å². The second-order valence-corrected chi connectivity index (χ2v) is 7.42. The minimum atomic E-state index is -0.994. The molecule has 0 saturated carbocycles. The fourth-order valence-electron chi connectivity index (χ4n) is 1.54. The third-order valence-corrected chi connectivity index (χ3v) is 4.10. The molecule has 6 heteroatoms. The fourth-order valence-corrected chi connectivity index (χ4v) is 2.06. The van der Waals surface area contributed by atoms with Crippen molar-refractivity contribution in [2.75, 3.05) is 12.8 Å². The molecule has 0 saturated heterocycles. The first-order valence-corrected chi connectivity index (χ1v) is 8.38. The molecule has 0 bridgehead atoms. The maximum absolute atomic E-state index is 11.6. The number of rotatable bonds is 5. The Morgan fingerprint density at radius 2 is 1.81 bits per heavy atom. The molecule has 0 radical (unpaired) electrons. The van der Waals surface area contributed by atoms with Gasteiger partial charge in [0.25, 0.3) is 0 Å². The van der Waals surface area contributed by atoms with Gasteiger partial charge in [0.2, 0.25) is 0 Å². The summed E-state index contributed by atoms with van der Waals surface area (Å²) in [6.07, 6.45) is 1.03. The highest BCUT2D eigenvalue weighted by atomic mass is 32.2. The van der Waals surface area contributed by atoms with E-state index in [-0.39, 0.29) is 18.0 Å². The number of aliphatic hydroxyl groups is 1. The molecule has 0 aliphatic rings. The van der Waals surface area contributed by atoms with Crippen molar-refractivity contribution >= 4 is 16.8 Å². The molecule has 21 heavy (non-hydrogen) atoms. The standard InChI is InChI=1S/C15H24N2O3S/c1-15(2,3)13(18)10-17-14(19)16-9-11-5-7-12(8-6-11)21(4)20/h5-8,13,18H,9-10H2,1-4H3,(H2,16,17,19). The number of amides is 2. The van der Waals surface area contributed by atoms with Gasteiger partial charge in [-0.25, -0.2) is 4.79 Å². The summed E-state index contributed by atoms with van der Waals surface area (Å²) in [6.45, 7) is 6.33. The van der Waals surface area contributed by atoms with Gasteiger partial charge in [-0.2, -0.15) is 0 Å². The van der Waals surface area contributed by atoms with Gasteiger partial charge < -0.3 is 15.7 Å². The van der Waals surface area contributed by atoms with Crippen molar-refractivity contribution in [3.63, 3.8) is 0 Å². The lowest BCUT2D eigenvalue weighted by Crippen LogP contribution is -2.43. The van der Waals surface area contributed by atoms with E-state index in [1.54, 1.807) is 18.4 Å². The Balaban J connectivity index is 2.38. The monoisotopic (exact) mass is 312 g/mol. The number of carbonyl (C=O) groups excluding carboxylic acids is 1. The molecular weight excluding hydrogens is 288 g/mol. The minimum Gasteiger partial charge on any atom is -0.391 e. The molecule has 2 amide bonds. The van der Waals surface area contributed by atoms with Gasteiger partial charge in [0.1, 0.15) is 0 Å². The van der Waals surface area contributed by atoms with Crippen LogP contribution in [-0.4, -0.2) is 34.3 Å². The van der Waals surface area contributed by atoms with E-state index in [0.717, 1.165) is 10.5 Å². The SMILES string of the molecule is CS(=O)c1ccc(CNC(=O)NCC(O)C(C)(C)C)cc1. The number of benzene rings is 1. The molecule has 1 aromatic rings. The molecule has 0 aliphatic carbocycles. The molecule has 1 rings (SSSR count). The molecule has 2 unspecified atom stereocenters. The Morgan fingerprint density at radius 1 is 1.24 bits per heavy atom. The van der Waals surface area contributed by atoms with Crippen molar-refractivity contribution in [3.05, 3.63) is 29.8 Å². The predicted octanol–water partition coefficient (Wildman–Crippen LogP) is 1.63. The van der Waals surface area contributed by atoms with Crippen LogP contribution in [0.3, 0.4) is 0 Å². The predicted molar refractivity (Wildman–Crippen MR) is 84.5 cm³/mol. The zero-order chi connectivity index (χ0) is 16.0. The average Bonchev–Trinajstić information content (AvgIpc) is 2.41. The summed E-state index contributed by atoms with van der Waals surface area (Å²) in [5.74, 6) is 0. The van der Waals surface area contributed by atoms with Crippen LogP contribution in [0.25, 0.3) is 0 Å². The molecule has 118 valence electrons. The molecule has 5 nitrogen and oxygen atoms in total. The topological polar surface area (TPSA) is 78.4 Å². The van der Waals surface area contributed by atoms with Crippen LogP contribution >= 0.6 is 0 Å². The number of aliphatic hydroxyl groups excluding tert-OH is 1. The minimum absolute atomic E-state index is 0.211. The molecule has 2 atom stereocenters. The van der Waals surface area contributed by atoms with E-state index in [1.807, 2.05) is 32.9 Å². The molecular formula is C15H24N2O3S. The van der Waals surface area contributed by atoms with Crippen molar-refractivity contribution in [2.45, 2.75) is 38.3 Å². The Kier molecular flexibility index (Phi) is 6.36. The van der Waals surface area contributed by atoms with Gasteiger partial charge >= 0.3 is 6.03 Å². The van der Waals surface area contributed by atoms with Crippen molar-refractivity contribution in [3.8, 4) is 0 Å². The van der Waals surface area contributed by atoms with E-state index in [2.05, 4.69) is 10.6 Å². The van der Waals surface area contributed by atoms with Crippen molar-refractivity contribution < 1.29 is 14.1 Å². The van der Waals surface area contributed by atoms with Gasteiger partial charge in [0.05, 0.1) is 6.10 Å². The summed E-state index contributed by atoms with van der Waals surface area (Å²) < 4.78 is 11.3. The number of hydrogen-bond acceptors (Lipinski definition) is 3. The summed E-state index contributed by atoms with van der Waals surface area (Å²) in [6, 6.07) is 6.92. The van der Waals surface area contributed by atoms with E-state index >= 15 is 0 Å². The third kappa shape index (κ3) is 6.27. The second kappa shape index (κ2) is 7.56. The highest BCUT2D eigenvalue weighted by Gasteiger charge is 2.22. The Bertz CT molecular complexity index is 495. The van der Waals surface area contributed by atoms with Gasteiger partial charge in [-0.15, -0.1) is 0 Å². The van der Waals surface area contributed by atoms with Gasteiger partial charge in [0.15, 0.2) is 0 Å². The largest absolute Gasteiger partial charge is 0.391 e. The number of urea groups is 1. The zero-order valence-corrected chi connectivity index (χ0v) is 13.8. The highest BCUT2D eigenvalue weighted by molar-refractivity contribution is 7.84. The van der Waals surface area contributed by atoms with E-state index in [4.69, 9.17) is 0 Å². The van der Waals surface area contributed by atoms with Crippen molar-refractivity contribution in [2.24, 2.45) is 5.41 Å². The molecule has 0 fully saturated rings. The molecule has 0 aliphatic heterocycles.